The van der Waals surface area contributed by atoms with Crippen molar-refractivity contribution in [3.8, 4) is 0 Å². The van der Waals surface area contributed by atoms with E-state index in [1.807, 2.05) is 0 Å². The molecule has 0 spiro atoms. The van der Waals surface area contributed by atoms with E-state index in [2.05, 4.69) is 10.2 Å². The lowest BCUT2D eigenvalue weighted by Crippen LogP contribution is -2.51. The number of benzene rings is 2. The molecule has 1 N–H and O–H groups in total. The maximum absolute atomic E-state index is 13.3. The highest BCUT2D eigenvalue weighted by atomic mass is 19.1. The van der Waals surface area contributed by atoms with Gasteiger partial charge in [-0.15, -0.1) is 0 Å². The van der Waals surface area contributed by atoms with Crippen LogP contribution >= 0.6 is 0 Å². The van der Waals surface area contributed by atoms with Gasteiger partial charge in [0.2, 0.25) is 0 Å². The Morgan fingerprint density at radius 1 is 1.04 bits per heavy atom. The minimum absolute atomic E-state index is 0.124. The van der Waals surface area contributed by atoms with Crippen LogP contribution in [0, 0.1) is 18.6 Å². The summed E-state index contributed by atoms with van der Waals surface area (Å²) in [4.78, 5) is 16.2. The first-order valence-electron chi connectivity index (χ1n) is 8.31. The molecule has 25 heavy (non-hydrogen) atoms. The van der Waals surface area contributed by atoms with E-state index in [0.717, 1.165) is 11.3 Å². The van der Waals surface area contributed by atoms with Gasteiger partial charge in [0, 0.05) is 38.4 Å². The van der Waals surface area contributed by atoms with Crippen LogP contribution in [0.2, 0.25) is 0 Å². The van der Waals surface area contributed by atoms with Crippen LogP contribution in [0.1, 0.15) is 11.1 Å². The van der Waals surface area contributed by atoms with Crippen molar-refractivity contribution in [2.24, 2.45) is 0 Å². The number of carbonyl (C=O) groups excluding carboxylic acids is 1. The number of carbonyl (C=O) groups is 1. The fourth-order valence-corrected chi connectivity index (χ4v) is 2.93. The van der Waals surface area contributed by atoms with Gasteiger partial charge < -0.3 is 15.1 Å². The van der Waals surface area contributed by atoms with Crippen LogP contribution in [0.15, 0.2) is 42.5 Å². The van der Waals surface area contributed by atoms with Gasteiger partial charge in [0.15, 0.2) is 0 Å². The van der Waals surface area contributed by atoms with Crippen LogP contribution in [0.4, 0.5) is 19.3 Å². The normalized spacial score (nSPS) is 14.5. The minimum Gasteiger partial charge on any atom is -0.368 e. The Balaban J connectivity index is 1.49. The summed E-state index contributed by atoms with van der Waals surface area (Å²) in [6, 6.07) is 11.1. The van der Waals surface area contributed by atoms with Crippen LogP contribution in [0.25, 0.3) is 0 Å². The molecule has 0 bridgehead atoms. The summed E-state index contributed by atoms with van der Waals surface area (Å²) in [7, 11) is 0. The number of urea groups is 1. The second-order valence-corrected chi connectivity index (χ2v) is 6.19. The van der Waals surface area contributed by atoms with Crippen LogP contribution in [0.5, 0.6) is 0 Å². The minimum atomic E-state index is -0.252. The number of nitrogens with zero attached hydrogens (tertiary/aromatic N) is 2. The second kappa shape index (κ2) is 7.51. The van der Waals surface area contributed by atoms with Crippen LogP contribution in [0.3, 0.4) is 0 Å². The summed E-state index contributed by atoms with van der Waals surface area (Å²) in [5, 5.41) is 2.87. The van der Waals surface area contributed by atoms with E-state index in [1.165, 1.54) is 18.2 Å². The Labute approximate surface area is 146 Å². The smallest absolute Gasteiger partial charge is 0.317 e. The third-order valence-corrected chi connectivity index (χ3v) is 4.42. The fourth-order valence-electron chi connectivity index (χ4n) is 2.93. The number of halogens is 2. The maximum atomic E-state index is 13.3. The van der Waals surface area contributed by atoms with Gasteiger partial charge in [-0.3, -0.25) is 0 Å². The zero-order valence-corrected chi connectivity index (χ0v) is 14.1. The maximum Gasteiger partial charge on any atom is 0.317 e. The highest BCUT2D eigenvalue weighted by Crippen LogP contribution is 2.17. The van der Waals surface area contributed by atoms with Crippen molar-refractivity contribution in [3.05, 3.63) is 65.2 Å². The molecule has 4 nitrogen and oxygen atoms in total. The zero-order chi connectivity index (χ0) is 17.8. The van der Waals surface area contributed by atoms with E-state index in [9.17, 15) is 13.6 Å². The number of amides is 2. The lowest BCUT2D eigenvalue weighted by atomic mass is 10.1. The molecule has 1 saturated heterocycles. The fraction of sp³-hybridized carbons (Fsp3) is 0.316. The van der Waals surface area contributed by atoms with Gasteiger partial charge in [-0.05, 0) is 48.4 Å². The molecule has 0 aliphatic carbocycles. The highest BCUT2D eigenvalue weighted by Gasteiger charge is 2.21. The number of hydrogen-bond donors (Lipinski definition) is 1. The first-order valence-corrected chi connectivity index (χ1v) is 8.31. The second-order valence-electron chi connectivity index (χ2n) is 6.19. The molecule has 2 aromatic rings. The molecule has 132 valence electrons. The average Bonchev–Trinajstić information content (AvgIpc) is 2.63. The molecule has 2 aromatic carbocycles. The lowest BCUT2D eigenvalue weighted by molar-refractivity contribution is 0.194. The zero-order valence-electron chi connectivity index (χ0n) is 14.1. The Hall–Kier alpha value is -2.63. The third-order valence-electron chi connectivity index (χ3n) is 4.42. The van der Waals surface area contributed by atoms with E-state index in [1.54, 1.807) is 36.1 Å². The first-order chi connectivity index (χ1) is 12.0. The molecule has 1 aliphatic heterocycles. The summed E-state index contributed by atoms with van der Waals surface area (Å²) in [5.41, 5.74) is 2.40. The van der Waals surface area contributed by atoms with E-state index < -0.39 is 0 Å². The molecule has 0 saturated carbocycles. The number of aryl methyl sites for hydroxylation is 1. The molecule has 0 unspecified atom stereocenters. The molecule has 6 heteroatoms. The number of hydrogen-bond acceptors (Lipinski definition) is 2. The van der Waals surface area contributed by atoms with Gasteiger partial charge in [-0.1, -0.05) is 12.1 Å². The predicted molar refractivity (Wildman–Crippen MR) is 93.6 cm³/mol. The molecule has 0 aromatic heterocycles. The van der Waals surface area contributed by atoms with Crippen molar-refractivity contribution >= 4 is 11.7 Å². The summed E-state index contributed by atoms with van der Waals surface area (Å²) in [6.45, 7) is 4.69. The molecule has 1 aliphatic rings. The number of anilines is 1. The Morgan fingerprint density at radius 2 is 1.72 bits per heavy atom. The van der Waals surface area contributed by atoms with Crippen molar-refractivity contribution < 1.29 is 13.6 Å². The van der Waals surface area contributed by atoms with Crippen LogP contribution < -0.4 is 10.2 Å². The van der Waals surface area contributed by atoms with E-state index >= 15 is 0 Å². The van der Waals surface area contributed by atoms with Gasteiger partial charge in [0.25, 0.3) is 0 Å². The summed E-state index contributed by atoms with van der Waals surface area (Å²) in [5.74, 6) is -0.496. The first kappa shape index (κ1) is 17.2. The highest BCUT2D eigenvalue weighted by molar-refractivity contribution is 5.74. The molecule has 1 heterocycles. The molecular formula is C19H21F2N3O. The van der Waals surface area contributed by atoms with Gasteiger partial charge in [-0.25, -0.2) is 13.6 Å². The Kier molecular flexibility index (Phi) is 5.16. The summed E-state index contributed by atoms with van der Waals surface area (Å²) >= 11 is 0. The van der Waals surface area contributed by atoms with Gasteiger partial charge in [0.1, 0.15) is 11.6 Å². The number of piperazine rings is 1. The molecule has 2 amide bonds. The molecule has 3 rings (SSSR count). The van der Waals surface area contributed by atoms with Crippen molar-refractivity contribution in [2.75, 3.05) is 31.1 Å². The molecule has 1 fully saturated rings. The van der Waals surface area contributed by atoms with Crippen molar-refractivity contribution in [1.29, 1.82) is 0 Å². The van der Waals surface area contributed by atoms with Gasteiger partial charge in [-0.2, -0.15) is 0 Å². The van der Waals surface area contributed by atoms with Crippen molar-refractivity contribution in [3.63, 3.8) is 0 Å². The quantitative estimate of drug-likeness (QED) is 0.926. The van der Waals surface area contributed by atoms with Gasteiger partial charge >= 0.3 is 6.03 Å². The number of rotatable bonds is 3. The van der Waals surface area contributed by atoms with Crippen molar-refractivity contribution in [1.82, 2.24) is 10.2 Å². The monoisotopic (exact) mass is 345 g/mol. The van der Waals surface area contributed by atoms with Crippen LogP contribution in [-0.4, -0.2) is 37.1 Å². The summed E-state index contributed by atoms with van der Waals surface area (Å²) in [6.07, 6.45) is 0. The molecule has 0 radical (unpaired) electrons. The molecular weight excluding hydrogens is 324 g/mol. The summed E-state index contributed by atoms with van der Waals surface area (Å²) < 4.78 is 26.3. The van der Waals surface area contributed by atoms with Crippen molar-refractivity contribution in [2.45, 2.75) is 13.5 Å². The van der Waals surface area contributed by atoms with E-state index in [-0.39, 0.29) is 17.7 Å². The predicted octanol–water partition coefficient (Wildman–Crippen LogP) is 3.31. The number of nitrogens with one attached hydrogen (secondary N) is 1. The van der Waals surface area contributed by atoms with E-state index in [0.29, 0.717) is 38.3 Å². The van der Waals surface area contributed by atoms with Crippen LogP contribution in [-0.2, 0) is 6.54 Å². The largest absolute Gasteiger partial charge is 0.368 e. The van der Waals surface area contributed by atoms with E-state index in [4.69, 9.17) is 0 Å². The SMILES string of the molecule is Cc1cc(CNC(=O)N2CCN(c3ccc(F)cc3)CC2)ccc1F. The third kappa shape index (κ3) is 4.26. The Bertz CT molecular complexity index is 741. The lowest BCUT2D eigenvalue weighted by Gasteiger charge is -2.36. The molecule has 0 atom stereocenters. The van der Waals surface area contributed by atoms with Gasteiger partial charge in [0.05, 0.1) is 0 Å². The Morgan fingerprint density at radius 3 is 2.36 bits per heavy atom. The topological polar surface area (TPSA) is 35.6 Å². The standard InChI is InChI=1S/C19H21F2N3O/c1-14-12-15(2-7-18(14)21)13-22-19(25)24-10-8-23(9-11-24)17-5-3-16(20)4-6-17/h2-7,12H,8-11,13H2,1H3,(H,22,25). The average molecular weight is 345 g/mol.